The molecule has 1 aliphatic rings. The second kappa shape index (κ2) is 8.62. The van der Waals surface area contributed by atoms with E-state index in [2.05, 4.69) is 4.74 Å². The maximum absolute atomic E-state index is 12.8. The van der Waals surface area contributed by atoms with Gasteiger partial charge in [-0.25, -0.2) is 13.2 Å². The summed E-state index contributed by atoms with van der Waals surface area (Å²) in [7, 11) is -4.57. The van der Waals surface area contributed by atoms with E-state index in [0.717, 1.165) is 31.0 Å². The van der Waals surface area contributed by atoms with Gasteiger partial charge in [0.2, 0.25) is 0 Å². The molecule has 170 valence electrons. The van der Waals surface area contributed by atoms with Crippen molar-refractivity contribution in [2.75, 3.05) is 12.4 Å². The molecule has 1 fully saturated rings. The van der Waals surface area contributed by atoms with Crippen LogP contribution in [0.3, 0.4) is 0 Å². The van der Waals surface area contributed by atoms with E-state index in [1.165, 1.54) is 0 Å². The highest BCUT2D eigenvalue weighted by Crippen LogP contribution is 2.48. The summed E-state index contributed by atoms with van der Waals surface area (Å²) < 4.78 is 85.2. The van der Waals surface area contributed by atoms with Crippen molar-refractivity contribution in [2.45, 2.75) is 58.4 Å². The van der Waals surface area contributed by atoms with Crippen LogP contribution in [0.5, 0.6) is 11.5 Å². The lowest BCUT2D eigenvalue weighted by molar-refractivity contribution is -0.275. The lowest BCUT2D eigenvalue weighted by atomic mass is 9.75. The molecule has 0 bridgehead atoms. The molecule has 0 unspecified atom stereocenters. The van der Waals surface area contributed by atoms with Gasteiger partial charge >= 0.3 is 12.3 Å². The van der Waals surface area contributed by atoms with E-state index in [1.807, 2.05) is 20.8 Å². The third-order valence-corrected chi connectivity index (χ3v) is 5.72. The van der Waals surface area contributed by atoms with E-state index >= 15 is 0 Å². The topological polar surface area (TPSA) is 102 Å². The molecule has 0 aromatic heterocycles. The molecule has 0 radical (unpaired) electrons. The fraction of sp³-hybridized carbons (Fsp3) is 0.632. The zero-order chi connectivity index (χ0) is 22.8. The Labute approximate surface area is 173 Å². The number of esters is 1. The van der Waals surface area contributed by atoms with Crippen molar-refractivity contribution in [3.8, 4) is 11.5 Å². The average molecular weight is 453 g/mol. The minimum atomic E-state index is -4.97. The van der Waals surface area contributed by atoms with Crippen LogP contribution in [0.1, 0.15) is 56.8 Å². The van der Waals surface area contributed by atoms with Crippen LogP contribution in [0.4, 0.5) is 13.2 Å². The smallest absolute Gasteiger partial charge is 0.573 e. The van der Waals surface area contributed by atoms with Gasteiger partial charge in [0.25, 0.3) is 0 Å². The summed E-state index contributed by atoms with van der Waals surface area (Å²) in [5.74, 6) is -2.78. The fourth-order valence-electron chi connectivity index (χ4n) is 3.41. The Kier molecular flexibility index (Phi) is 6.97. The van der Waals surface area contributed by atoms with Crippen LogP contribution in [0.15, 0.2) is 18.2 Å². The molecule has 1 aromatic carbocycles. The summed E-state index contributed by atoms with van der Waals surface area (Å²) in [6.07, 6.45) is -2.03. The molecule has 0 N–H and O–H groups in total. The molecule has 11 heteroatoms. The molecule has 0 amide bonds. The fourth-order valence-corrected chi connectivity index (χ4v) is 3.69. The maximum Gasteiger partial charge on any atom is 0.573 e. The Balaban J connectivity index is 2.34. The molecule has 0 spiro atoms. The Morgan fingerprint density at radius 2 is 1.73 bits per heavy atom. The van der Waals surface area contributed by atoms with E-state index in [9.17, 15) is 30.9 Å². The first kappa shape index (κ1) is 24.3. The van der Waals surface area contributed by atoms with Gasteiger partial charge < -0.3 is 18.8 Å². The molecule has 2 rings (SSSR count). The summed E-state index contributed by atoms with van der Waals surface area (Å²) >= 11 is 0. The number of hydrogen-bond acceptors (Lipinski definition) is 7. The molecule has 0 saturated heterocycles. The number of hydrogen-bond donors (Lipinski definition) is 0. The van der Waals surface area contributed by atoms with E-state index in [1.54, 1.807) is 0 Å². The zero-order valence-corrected chi connectivity index (χ0v) is 17.7. The Bertz CT molecular complexity index is 867. The molecule has 0 aliphatic heterocycles. The third-order valence-electron chi connectivity index (χ3n) is 5.05. The molecular weight excluding hydrogens is 429 g/mol. The average Bonchev–Trinajstić information content (AvgIpc) is 3.03. The van der Waals surface area contributed by atoms with Crippen LogP contribution in [0.25, 0.3) is 0 Å². The Morgan fingerprint density at radius 1 is 1.13 bits per heavy atom. The predicted molar refractivity (Wildman–Crippen MR) is 99.3 cm³/mol. The van der Waals surface area contributed by atoms with Crippen molar-refractivity contribution in [3.63, 3.8) is 0 Å². The first-order valence-corrected chi connectivity index (χ1v) is 10.9. The largest absolute Gasteiger partial charge is 0.748 e. The highest BCUT2D eigenvalue weighted by atomic mass is 32.2. The summed E-state index contributed by atoms with van der Waals surface area (Å²) in [4.78, 5) is 12.2. The maximum atomic E-state index is 12.8. The second-order valence-corrected chi connectivity index (χ2v) is 9.68. The lowest BCUT2D eigenvalue weighted by Gasteiger charge is -2.42. The van der Waals surface area contributed by atoms with E-state index < -0.39 is 51.6 Å². The van der Waals surface area contributed by atoms with Crippen molar-refractivity contribution in [2.24, 2.45) is 5.41 Å². The van der Waals surface area contributed by atoms with E-state index in [0.29, 0.717) is 12.8 Å². The summed E-state index contributed by atoms with van der Waals surface area (Å²) in [5.41, 5.74) is -1.32. The quantitative estimate of drug-likeness (QED) is 0.454. The van der Waals surface area contributed by atoms with Gasteiger partial charge in [-0.05, 0) is 43.9 Å². The molecule has 0 atom stereocenters. The van der Waals surface area contributed by atoms with Gasteiger partial charge in [-0.1, -0.05) is 20.8 Å². The van der Waals surface area contributed by atoms with E-state index in [-0.39, 0.29) is 11.3 Å². The number of halogens is 3. The van der Waals surface area contributed by atoms with Gasteiger partial charge in [-0.3, -0.25) is 0 Å². The number of rotatable bonds is 7. The van der Waals surface area contributed by atoms with Crippen molar-refractivity contribution in [3.05, 3.63) is 23.8 Å². The minimum absolute atomic E-state index is 0.162. The molecule has 1 saturated carbocycles. The number of ether oxygens (including phenoxy) is 3. The molecule has 1 aromatic rings. The number of carbonyl (C=O) groups excluding carboxylic acids is 1. The van der Waals surface area contributed by atoms with Crippen LogP contribution >= 0.6 is 0 Å². The number of carbonyl (C=O) groups is 1. The third kappa shape index (κ3) is 6.49. The van der Waals surface area contributed by atoms with Crippen molar-refractivity contribution in [1.82, 2.24) is 0 Å². The molecule has 30 heavy (non-hydrogen) atoms. The van der Waals surface area contributed by atoms with Crippen molar-refractivity contribution >= 4 is 16.1 Å². The molecular formula is C19H24F3O7S-. The highest BCUT2D eigenvalue weighted by Gasteiger charge is 2.47. The summed E-state index contributed by atoms with van der Waals surface area (Å²) in [6, 6.07) is 3.05. The molecule has 1 aliphatic carbocycles. The first-order chi connectivity index (χ1) is 13.6. The Morgan fingerprint density at radius 3 is 2.23 bits per heavy atom. The molecule has 0 heterocycles. The van der Waals surface area contributed by atoms with Gasteiger partial charge in [-0.15, -0.1) is 13.2 Å². The standard InChI is InChI=1S/C19H25F3O7S/c1-17(2,3)18(8-4-5-9-18)28-15-12-13(6-7-14(15)29-19(20,21)22)16(23)27-10-11-30(24,25)26/h6-7,12H,4-5,8-11H2,1-3H3,(H,24,25,26)/p-1. The van der Waals surface area contributed by atoms with Crippen LogP contribution in [0, 0.1) is 5.41 Å². The lowest BCUT2D eigenvalue weighted by Crippen LogP contribution is -2.45. The second-order valence-electron chi connectivity index (χ2n) is 8.16. The van der Waals surface area contributed by atoms with Gasteiger partial charge in [0.05, 0.1) is 21.4 Å². The summed E-state index contributed by atoms with van der Waals surface area (Å²) in [6.45, 7) is 5.09. The zero-order valence-electron chi connectivity index (χ0n) is 16.9. The van der Waals surface area contributed by atoms with Gasteiger partial charge in [0.15, 0.2) is 11.5 Å². The number of alkyl halides is 3. The van der Waals surface area contributed by atoms with Gasteiger partial charge in [0.1, 0.15) is 12.2 Å². The highest BCUT2D eigenvalue weighted by molar-refractivity contribution is 7.85. The van der Waals surface area contributed by atoms with Crippen LogP contribution in [0.2, 0.25) is 0 Å². The first-order valence-electron chi connectivity index (χ1n) is 9.31. The van der Waals surface area contributed by atoms with Crippen molar-refractivity contribution < 1.29 is 45.1 Å². The van der Waals surface area contributed by atoms with Gasteiger partial charge in [0, 0.05) is 5.41 Å². The Hall–Kier alpha value is -2.01. The summed E-state index contributed by atoms with van der Waals surface area (Å²) in [5, 5.41) is 0. The van der Waals surface area contributed by atoms with E-state index in [4.69, 9.17) is 9.47 Å². The number of benzene rings is 1. The van der Waals surface area contributed by atoms with Crippen LogP contribution < -0.4 is 9.47 Å². The van der Waals surface area contributed by atoms with Gasteiger partial charge in [-0.2, -0.15) is 0 Å². The normalized spacial score (nSPS) is 16.9. The predicted octanol–water partition coefficient (Wildman–Crippen LogP) is 4.02. The van der Waals surface area contributed by atoms with Crippen LogP contribution in [-0.4, -0.2) is 43.3 Å². The minimum Gasteiger partial charge on any atom is -0.748 e. The molecule has 7 nitrogen and oxygen atoms in total. The van der Waals surface area contributed by atoms with Crippen molar-refractivity contribution in [1.29, 1.82) is 0 Å². The monoisotopic (exact) mass is 453 g/mol. The SMILES string of the molecule is CC(C)(C)C1(Oc2cc(C(=O)OCCS(=O)(=O)[O-])ccc2OC(F)(F)F)CCCC1. The van der Waals surface area contributed by atoms with Crippen LogP contribution in [-0.2, 0) is 14.9 Å².